The van der Waals surface area contributed by atoms with Crippen molar-refractivity contribution in [2.75, 3.05) is 0 Å². The fourth-order valence-corrected chi connectivity index (χ4v) is 1.29. The number of hydrogen-bond donors (Lipinski definition) is 0. The predicted octanol–water partition coefficient (Wildman–Crippen LogP) is 4.39. The van der Waals surface area contributed by atoms with Crippen molar-refractivity contribution >= 4 is 11.6 Å². The van der Waals surface area contributed by atoms with Gasteiger partial charge in [-0.1, -0.05) is 25.8 Å². The molecular weight excluding hydrogens is 168 g/mol. The van der Waals surface area contributed by atoms with Crippen molar-refractivity contribution in [3.8, 4) is 0 Å². The van der Waals surface area contributed by atoms with Crippen LogP contribution in [0.3, 0.4) is 0 Å². The summed E-state index contributed by atoms with van der Waals surface area (Å²) in [6.07, 6.45) is 8.33. The van der Waals surface area contributed by atoms with Gasteiger partial charge in [0.05, 0.1) is 0 Å². The molecule has 0 aliphatic heterocycles. The standard InChI is InChI=1S/C11H21Cl/c1-4-5-6-7-8-9-10(2)11(3)12/h4,10-11H,1,5-9H2,2-3H3. The average Bonchev–Trinajstić information content (AvgIpc) is 2.03. The highest BCUT2D eigenvalue weighted by Crippen LogP contribution is 2.17. The largest absolute Gasteiger partial charge is 0.123 e. The van der Waals surface area contributed by atoms with Crippen LogP contribution in [-0.2, 0) is 0 Å². The maximum Gasteiger partial charge on any atom is 0.0333 e. The topological polar surface area (TPSA) is 0 Å². The van der Waals surface area contributed by atoms with E-state index in [0.29, 0.717) is 11.3 Å². The van der Waals surface area contributed by atoms with Gasteiger partial charge < -0.3 is 0 Å². The SMILES string of the molecule is C=CCCCCCC(C)C(C)Cl. The lowest BCUT2D eigenvalue weighted by atomic mass is 10.00. The summed E-state index contributed by atoms with van der Waals surface area (Å²) >= 11 is 5.95. The first-order chi connectivity index (χ1) is 5.68. The van der Waals surface area contributed by atoms with Crippen molar-refractivity contribution in [3.05, 3.63) is 12.7 Å². The van der Waals surface area contributed by atoms with Gasteiger partial charge in [0.2, 0.25) is 0 Å². The average molecular weight is 189 g/mol. The number of hydrogen-bond acceptors (Lipinski definition) is 0. The third kappa shape index (κ3) is 6.72. The smallest absolute Gasteiger partial charge is 0.0333 e. The Bertz CT molecular complexity index is 108. The summed E-state index contributed by atoms with van der Waals surface area (Å²) in [5.74, 6) is 0.662. The molecule has 0 aromatic heterocycles. The second-order valence-corrected chi connectivity index (χ2v) is 4.27. The molecule has 0 aromatic carbocycles. The van der Waals surface area contributed by atoms with Crippen molar-refractivity contribution in [2.24, 2.45) is 5.92 Å². The van der Waals surface area contributed by atoms with Gasteiger partial charge in [-0.05, 0) is 32.1 Å². The highest BCUT2D eigenvalue weighted by molar-refractivity contribution is 6.20. The maximum atomic E-state index is 5.95. The van der Waals surface area contributed by atoms with Crippen LogP contribution >= 0.6 is 11.6 Å². The van der Waals surface area contributed by atoms with Crippen molar-refractivity contribution in [3.63, 3.8) is 0 Å². The van der Waals surface area contributed by atoms with Gasteiger partial charge in [0.1, 0.15) is 0 Å². The molecule has 12 heavy (non-hydrogen) atoms. The Kier molecular flexibility index (Phi) is 7.69. The first kappa shape index (κ1) is 12.0. The molecule has 2 unspecified atom stereocenters. The van der Waals surface area contributed by atoms with Crippen molar-refractivity contribution < 1.29 is 0 Å². The van der Waals surface area contributed by atoms with Crippen LogP contribution in [-0.4, -0.2) is 5.38 Å². The lowest BCUT2D eigenvalue weighted by Gasteiger charge is -2.12. The predicted molar refractivity (Wildman–Crippen MR) is 57.8 cm³/mol. The number of unbranched alkanes of at least 4 members (excludes halogenated alkanes) is 3. The van der Waals surface area contributed by atoms with E-state index in [1.165, 1.54) is 25.7 Å². The van der Waals surface area contributed by atoms with Gasteiger partial charge in [-0.25, -0.2) is 0 Å². The van der Waals surface area contributed by atoms with Gasteiger partial charge in [-0.3, -0.25) is 0 Å². The summed E-state index contributed by atoms with van der Waals surface area (Å²) in [5, 5.41) is 0.324. The summed E-state index contributed by atoms with van der Waals surface area (Å²) < 4.78 is 0. The fourth-order valence-electron chi connectivity index (χ4n) is 1.16. The number of allylic oxidation sites excluding steroid dienone is 1. The van der Waals surface area contributed by atoms with Crippen LogP contribution in [0.1, 0.15) is 46.0 Å². The van der Waals surface area contributed by atoms with E-state index in [-0.39, 0.29) is 0 Å². The highest BCUT2D eigenvalue weighted by atomic mass is 35.5. The Morgan fingerprint density at radius 1 is 1.25 bits per heavy atom. The lowest BCUT2D eigenvalue weighted by Crippen LogP contribution is -2.06. The molecule has 0 N–H and O–H groups in total. The minimum atomic E-state index is 0.324. The van der Waals surface area contributed by atoms with Crippen LogP contribution in [0.25, 0.3) is 0 Å². The summed E-state index contributed by atoms with van der Waals surface area (Å²) in [5.41, 5.74) is 0. The van der Waals surface area contributed by atoms with E-state index >= 15 is 0 Å². The van der Waals surface area contributed by atoms with Gasteiger partial charge in [-0.2, -0.15) is 0 Å². The second-order valence-electron chi connectivity index (χ2n) is 3.58. The molecule has 72 valence electrons. The Hall–Kier alpha value is 0.0300. The van der Waals surface area contributed by atoms with Crippen LogP contribution in [0.4, 0.5) is 0 Å². The molecule has 0 amide bonds. The van der Waals surface area contributed by atoms with Crippen LogP contribution in [0.15, 0.2) is 12.7 Å². The molecule has 2 atom stereocenters. The van der Waals surface area contributed by atoms with Crippen LogP contribution in [0.2, 0.25) is 0 Å². The molecule has 0 spiro atoms. The Labute approximate surface area is 82.0 Å². The second kappa shape index (κ2) is 7.67. The molecule has 0 saturated carbocycles. The van der Waals surface area contributed by atoms with E-state index in [2.05, 4.69) is 20.4 Å². The molecule has 0 radical (unpaired) electrons. The molecule has 0 nitrogen and oxygen atoms in total. The Morgan fingerprint density at radius 3 is 2.42 bits per heavy atom. The zero-order valence-corrected chi connectivity index (χ0v) is 9.11. The van der Waals surface area contributed by atoms with Crippen molar-refractivity contribution in [2.45, 2.75) is 51.3 Å². The van der Waals surface area contributed by atoms with Crippen molar-refractivity contribution in [1.29, 1.82) is 0 Å². The molecule has 0 rings (SSSR count). The highest BCUT2D eigenvalue weighted by Gasteiger charge is 2.07. The normalized spacial score (nSPS) is 15.6. The first-order valence-corrected chi connectivity index (χ1v) is 5.37. The van der Waals surface area contributed by atoms with Gasteiger partial charge in [-0.15, -0.1) is 18.2 Å². The summed E-state index contributed by atoms with van der Waals surface area (Å²) in [6, 6.07) is 0. The van der Waals surface area contributed by atoms with E-state index in [1.807, 2.05) is 6.08 Å². The zero-order valence-electron chi connectivity index (χ0n) is 8.35. The van der Waals surface area contributed by atoms with E-state index in [1.54, 1.807) is 0 Å². The van der Waals surface area contributed by atoms with Gasteiger partial charge >= 0.3 is 0 Å². The van der Waals surface area contributed by atoms with Gasteiger partial charge in [0.25, 0.3) is 0 Å². The van der Waals surface area contributed by atoms with Crippen molar-refractivity contribution in [1.82, 2.24) is 0 Å². The molecule has 0 aliphatic rings. The minimum Gasteiger partial charge on any atom is -0.123 e. The number of alkyl halides is 1. The van der Waals surface area contributed by atoms with Gasteiger partial charge in [0.15, 0.2) is 0 Å². The summed E-state index contributed by atoms with van der Waals surface area (Å²) in [7, 11) is 0. The zero-order chi connectivity index (χ0) is 9.40. The molecule has 0 aliphatic carbocycles. The molecule has 0 fully saturated rings. The number of halogens is 1. The lowest BCUT2D eigenvalue weighted by molar-refractivity contribution is 0.484. The minimum absolute atomic E-state index is 0.324. The van der Waals surface area contributed by atoms with E-state index < -0.39 is 0 Å². The molecule has 0 heterocycles. The quantitative estimate of drug-likeness (QED) is 0.316. The van der Waals surface area contributed by atoms with E-state index in [0.717, 1.165) is 6.42 Å². The van der Waals surface area contributed by atoms with Crippen LogP contribution in [0, 0.1) is 5.92 Å². The van der Waals surface area contributed by atoms with Crippen LogP contribution < -0.4 is 0 Å². The van der Waals surface area contributed by atoms with E-state index in [9.17, 15) is 0 Å². The fraction of sp³-hybridized carbons (Fsp3) is 0.818. The monoisotopic (exact) mass is 188 g/mol. The summed E-state index contributed by atoms with van der Waals surface area (Å²) in [6.45, 7) is 8.01. The molecule has 0 bridgehead atoms. The van der Waals surface area contributed by atoms with E-state index in [4.69, 9.17) is 11.6 Å². The maximum absolute atomic E-state index is 5.95. The first-order valence-electron chi connectivity index (χ1n) is 4.93. The Balaban J connectivity index is 3.13. The molecule has 1 heteroatoms. The third-order valence-corrected chi connectivity index (χ3v) is 2.78. The van der Waals surface area contributed by atoms with Crippen LogP contribution in [0.5, 0.6) is 0 Å². The number of rotatable bonds is 7. The van der Waals surface area contributed by atoms with Gasteiger partial charge in [0, 0.05) is 5.38 Å². The molecule has 0 saturated heterocycles. The molecular formula is C11H21Cl. The third-order valence-electron chi connectivity index (χ3n) is 2.35. The summed E-state index contributed by atoms with van der Waals surface area (Å²) in [4.78, 5) is 0. The Morgan fingerprint density at radius 2 is 1.92 bits per heavy atom. The molecule has 0 aromatic rings.